The molecule has 0 amide bonds. The molecule has 0 saturated carbocycles. The predicted molar refractivity (Wildman–Crippen MR) is 41.1 cm³/mol. The summed E-state index contributed by atoms with van der Waals surface area (Å²) in [4.78, 5) is 0. The van der Waals surface area contributed by atoms with Crippen molar-refractivity contribution in [3.05, 3.63) is 0 Å². The fourth-order valence-corrected chi connectivity index (χ4v) is 0.703. The number of rotatable bonds is 4. The van der Waals surface area contributed by atoms with Crippen molar-refractivity contribution in [2.45, 2.75) is 32.7 Å². The molecule has 9 heavy (non-hydrogen) atoms. The van der Waals surface area contributed by atoms with Gasteiger partial charge >= 0.3 is 0 Å². The van der Waals surface area contributed by atoms with E-state index < -0.39 is 0 Å². The number of hydrogen-bond donors (Lipinski definition) is 2. The molecule has 0 aliphatic rings. The molecule has 0 spiro atoms. The van der Waals surface area contributed by atoms with Gasteiger partial charge in [0.25, 0.3) is 0 Å². The Morgan fingerprint density at radius 2 is 1.89 bits per heavy atom. The van der Waals surface area contributed by atoms with Crippen LogP contribution in [0.4, 0.5) is 0 Å². The molecule has 0 bridgehead atoms. The van der Waals surface area contributed by atoms with Gasteiger partial charge in [-0.05, 0) is 32.2 Å². The second kappa shape index (κ2) is 4.77. The van der Waals surface area contributed by atoms with Crippen LogP contribution in [0.5, 0.6) is 0 Å². The van der Waals surface area contributed by atoms with Crippen molar-refractivity contribution in [2.75, 3.05) is 6.54 Å². The highest BCUT2D eigenvalue weighted by Crippen LogP contribution is 2.06. The molecule has 0 aliphatic heterocycles. The molecule has 2 atom stereocenters. The minimum atomic E-state index is 0.316. The normalized spacial score (nSPS) is 17.3. The lowest BCUT2D eigenvalue weighted by Gasteiger charge is -2.13. The van der Waals surface area contributed by atoms with Crippen LogP contribution in [0.2, 0.25) is 0 Å². The molecular formula is C7H18N2. The van der Waals surface area contributed by atoms with Gasteiger partial charge in [0, 0.05) is 6.04 Å². The molecule has 2 heteroatoms. The SMILES string of the molecule is CC(CCCN)[C@@H](C)N. The van der Waals surface area contributed by atoms with Crippen LogP contribution >= 0.6 is 0 Å². The highest BCUT2D eigenvalue weighted by molar-refractivity contribution is 4.62. The molecule has 1 unspecified atom stereocenters. The van der Waals surface area contributed by atoms with Crippen molar-refractivity contribution in [3.8, 4) is 0 Å². The molecule has 0 radical (unpaired) electrons. The fraction of sp³-hybridized carbons (Fsp3) is 1.00. The van der Waals surface area contributed by atoms with E-state index in [4.69, 9.17) is 11.5 Å². The van der Waals surface area contributed by atoms with E-state index in [1.165, 1.54) is 0 Å². The van der Waals surface area contributed by atoms with E-state index in [0.29, 0.717) is 12.0 Å². The Hall–Kier alpha value is -0.0800. The smallest absolute Gasteiger partial charge is 0.00361 e. The molecule has 4 N–H and O–H groups in total. The molecular weight excluding hydrogens is 112 g/mol. The molecule has 0 aromatic rings. The summed E-state index contributed by atoms with van der Waals surface area (Å²) in [6.45, 7) is 5.00. The van der Waals surface area contributed by atoms with Crippen LogP contribution in [0.25, 0.3) is 0 Å². The summed E-state index contributed by atoms with van der Waals surface area (Å²) in [5.41, 5.74) is 11.0. The topological polar surface area (TPSA) is 52.0 Å². The quantitative estimate of drug-likeness (QED) is 0.589. The second-order valence-electron chi connectivity index (χ2n) is 2.77. The highest BCUT2D eigenvalue weighted by atomic mass is 14.6. The first kappa shape index (κ1) is 8.92. The number of nitrogens with two attached hydrogens (primary N) is 2. The van der Waals surface area contributed by atoms with Gasteiger partial charge in [0.1, 0.15) is 0 Å². The van der Waals surface area contributed by atoms with Gasteiger partial charge in [0.15, 0.2) is 0 Å². The van der Waals surface area contributed by atoms with Crippen molar-refractivity contribution in [3.63, 3.8) is 0 Å². The molecule has 0 fully saturated rings. The second-order valence-corrected chi connectivity index (χ2v) is 2.77. The minimum absolute atomic E-state index is 0.316. The molecule has 0 heterocycles. The number of hydrogen-bond acceptors (Lipinski definition) is 2. The first-order valence-corrected chi connectivity index (χ1v) is 3.64. The monoisotopic (exact) mass is 130 g/mol. The standard InChI is InChI=1S/C7H18N2/c1-6(7(2)9)4-3-5-8/h6-7H,3-5,8-9H2,1-2H3/t6?,7-/m1/s1. The Labute approximate surface area is 57.6 Å². The summed E-state index contributed by atoms with van der Waals surface area (Å²) >= 11 is 0. The summed E-state index contributed by atoms with van der Waals surface area (Å²) < 4.78 is 0. The van der Waals surface area contributed by atoms with E-state index >= 15 is 0 Å². The lowest BCUT2D eigenvalue weighted by molar-refractivity contribution is 0.440. The maximum atomic E-state index is 5.64. The summed E-state index contributed by atoms with van der Waals surface area (Å²) in [5, 5.41) is 0. The summed E-state index contributed by atoms with van der Waals surface area (Å²) in [6, 6.07) is 0.316. The van der Waals surface area contributed by atoms with Crippen molar-refractivity contribution in [2.24, 2.45) is 17.4 Å². The van der Waals surface area contributed by atoms with Gasteiger partial charge in [0.2, 0.25) is 0 Å². The van der Waals surface area contributed by atoms with Gasteiger partial charge in [0.05, 0.1) is 0 Å². The molecule has 0 aromatic carbocycles. The van der Waals surface area contributed by atoms with E-state index in [1.54, 1.807) is 0 Å². The Morgan fingerprint density at radius 3 is 2.22 bits per heavy atom. The first-order chi connectivity index (χ1) is 4.18. The van der Waals surface area contributed by atoms with Crippen LogP contribution in [-0.2, 0) is 0 Å². The lowest BCUT2D eigenvalue weighted by Crippen LogP contribution is -2.24. The molecule has 0 rings (SSSR count). The maximum Gasteiger partial charge on any atom is 0.00361 e. The molecule has 0 aliphatic carbocycles. The Morgan fingerprint density at radius 1 is 1.33 bits per heavy atom. The van der Waals surface area contributed by atoms with E-state index in [1.807, 2.05) is 6.92 Å². The van der Waals surface area contributed by atoms with E-state index in [0.717, 1.165) is 19.4 Å². The largest absolute Gasteiger partial charge is 0.330 e. The van der Waals surface area contributed by atoms with Crippen LogP contribution in [0, 0.1) is 5.92 Å². The Balaban J connectivity index is 3.16. The minimum Gasteiger partial charge on any atom is -0.330 e. The van der Waals surface area contributed by atoms with Crippen molar-refractivity contribution in [1.82, 2.24) is 0 Å². The highest BCUT2D eigenvalue weighted by Gasteiger charge is 2.04. The third kappa shape index (κ3) is 4.43. The van der Waals surface area contributed by atoms with Crippen molar-refractivity contribution >= 4 is 0 Å². The van der Waals surface area contributed by atoms with Crippen LogP contribution in [-0.4, -0.2) is 12.6 Å². The van der Waals surface area contributed by atoms with Gasteiger partial charge in [-0.1, -0.05) is 6.92 Å². The average molecular weight is 130 g/mol. The fourth-order valence-electron chi connectivity index (χ4n) is 0.703. The van der Waals surface area contributed by atoms with Gasteiger partial charge in [-0.15, -0.1) is 0 Å². The van der Waals surface area contributed by atoms with Crippen molar-refractivity contribution < 1.29 is 0 Å². The molecule has 2 nitrogen and oxygen atoms in total. The third-order valence-corrected chi connectivity index (χ3v) is 1.76. The van der Waals surface area contributed by atoms with Crippen molar-refractivity contribution in [1.29, 1.82) is 0 Å². The zero-order chi connectivity index (χ0) is 7.28. The van der Waals surface area contributed by atoms with E-state index in [-0.39, 0.29) is 0 Å². The zero-order valence-electron chi connectivity index (χ0n) is 6.43. The molecule has 0 aromatic heterocycles. The van der Waals surface area contributed by atoms with Crippen LogP contribution in [0.15, 0.2) is 0 Å². The molecule has 0 saturated heterocycles. The summed E-state index contributed by atoms with van der Waals surface area (Å²) in [5.74, 6) is 0.619. The Kier molecular flexibility index (Phi) is 4.72. The Bertz CT molecular complexity index is 61.9. The predicted octanol–water partition coefficient (Wildman–Crippen LogP) is 0.709. The zero-order valence-corrected chi connectivity index (χ0v) is 6.43. The van der Waals surface area contributed by atoms with Crippen LogP contribution in [0.1, 0.15) is 26.7 Å². The summed E-state index contributed by atoms with van der Waals surface area (Å²) in [6.07, 6.45) is 2.26. The van der Waals surface area contributed by atoms with E-state index in [2.05, 4.69) is 6.92 Å². The van der Waals surface area contributed by atoms with Gasteiger partial charge in [-0.2, -0.15) is 0 Å². The lowest BCUT2D eigenvalue weighted by atomic mass is 9.99. The maximum absolute atomic E-state index is 5.64. The van der Waals surface area contributed by atoms with Crippen LogP contribution < -0.4 is 11.5 Å². The summed E-state index contributed by atoms with van der Waals surface area (Å²) in [7, 11) is 0. The third-order valence-electron chi connectivity index (χ3n) is 1.76. The first-order valence-electron chi connectivity index (χ1n) is 3.64. The average Bonchev–Trinajstić information content (AvgIpc) is 1.82. The van der Waals surface area contributed by atoms with Crippen LogP contribution in [0.3, 0.4) is 0 Å². The van der Waals surface area contributed by atoms with E-state index in [9.17, 15) is 0 Å². The molecule has 56 valence electrons. The van der Waals surface area contributed by atoms with Gasteiger partial charge in [-0.25, -0.2) is 0 Å². The van der Waals surface area contributed by atoms with Gasteiger partial charge in [-0.3, -0.25) is 0 Å². The van der Waals surface area contributed by atoms with Gasteiger partial charge < -0.3 is 11.5 Å².